The zero-order valence-electron chi connectivity index (χ0n) is 16.7. The second-order valence-electron chi connectivity index (χ2n) is 7.29. The summed E-state index contributed by atoms with van der Waals surface area (Å²) in [4.78, 5) is 31.7. The number of hydrogen-bond donors (Lipinski definition) is 1. The molecule has 8 heteroatoms. The second-order valence-corrected chi connectivity index (χ2v) is 8.20. The van der Waals surface area contributed by atoms with Gasteiger partial charge in [0.2, 0.25) is 0 Å². The highest BCUT2D eigenvalue weighted by atomic mass is 79.9. The normalized spacial score (nSPS) is 19.3. The van der Waals surface area contributed by atoms with Gasteiger partial charge in [0, 0.05) is 28.1 Å². The van der Waals surface area contributed by atoms with Gasteiger partial charge < -0.3 is 14.6 Å². The molecular weight excluding hydrogens is 476 g/mol. The highest BCUT2D eigenvalue weighted by Crippen LogP contribution is 2.43. The Bertz CT molecular complexity index is 1260. The number of nitrogens with zero attached hydrogens (tertiary/aromatic N) is 2. The van der Waals surface area contributed by atoms with Crippen molar-refractivity contribution in [1.82, 2.24) is 4.98 Å². The van der Waals surface area contributed by atoms with Crippen molar-refractivity contribution < 1.29 is 24.2 Å². The minimum Gasteiger partial charge on any atom is -0.507 e. The second kappa shape index (κ2) is 8.12. The van der Waals surface area contributed by atoms with Crippen molar-refractivity contribution in [2.75, 3.05) is 18.1 Å². The maximum atomic E-state index is 13.2. The lowest BCUT2D eigenvalue weighted by Crippen LogP contribution is -2.29. The topological polar surface area (TPSA) is 89.0 Å². The lowest BCUT2D eigenvalue weighted by molar-refractivity contribution is -0.132. The van der Waals surface area contributed by atoms with Crippen LogP contribution in [-0.4, -0.2) is 35.0 Å². The third kappa shape index (κ3) is 3.42. The third-order valence-electron chi connectivity index (χ3n) is 5.37. The van der Waals surface area contributed by atoms with E-state index in [4.69, 9.17) is 9.47 Å². The molecule has 3 heterocycles. The minimum atomic E-state index is -0.819. The molecule has 1 amide bonds. The maximum Gasteiger partial charge on any atom is 0.300 e. The fourth-order valence-electron chi connectivity index (χ4n) is 3.93. The summed E-state index contributed by atoms with van der Waals surface area (Å²) in [6.45, 7) is 0.833. The summed E-state index contributed by atoms with van der Waals surface area (Å²) in [6, 6.07) is 14.7. The van der Waals surface area contributed by atoms with E-state index in [9.17, 15) is 14.7 Å². The molecule has 1 saturated heterocycles. The number of carbonyl (C=O) groups is 2. The number of rotatable bonds is 3. The average molecular weight is 493 g/mol. The average Bonchev–Trinajstić information content (AvgIpc) is 3.09. The quantitative estimate of drug-likeness (QED) is 0.334. The van der Waals surface area contributed by atoms with E-state index in [0.29, 0.717) is 41.5 Å². The SMILES string of the molecule is O=C1C(=O)N(c2cccc(Br)c2)C(c2ccncc2)/C1=C(/O)c1ccc2c(c1)OCCO2. The maximum absolute atomic E-state index is 13.2. The van der Waals surface area contributed by atoms with E-state index < -0.39 is 17.7 Å². The van der Waals surface area contributed by atoms with Crippen molar-refractivity contribution in [3.63, 3.8) is 0 Å². The van der Waals surface area contributed by atoms with Gasteiger partial charge in [-0.25, -0.2) is 0 Å². The molecule has 7 nitrogen and oxygen atoms in total. The van der Waals surface area contributed by atoms with E-state index in [1.54, 1.807) is 60.9 Å². The molecule has 2 aromatic carbocycles. The molecule has 0 radical (unpaired) electrons. The Morgan fingerprint density at radius 3 is 2.50 bits per heavy atom. The lowest BCUT2D eigenvalue weighted by atomic mass is 9.95. The van der Waals surface area contributed by atoms with Crippen LogP contribution in [0.25, 0.3) is 5.76 Å². The standard InChI is InChI=1S/C24H17BrN2O5/c25-16-2-1-3-17(13-16)27-21(14-6-8-26-9-7-14)20(23(29)24(27)30)22(28)15-4-5-18-19(12-15)32-11-10-31-18/h1-9,12-13,21,28H,10-11H2/b22-20-. The van der Waals surface area contributed by atoms with Crippen LogP contribution in [-0.2, 0) is 9.59 Å². The van der Waals surface area contributed by atoms with Gasteiger partial charge in [-0.1, -0.05) is 22.0 Å². The summed E-state index contributed by atoms with van der Waals surface area (Å²) < 4.78 is 11.9. The number of Topliss-reactive ketones (excluding diaryl/α,β-unsaturated/α-hetero) is 1. The molecule has 0 bridgehead atoms. The molecule has 1 atom stereocenters. The first kappa shape index (κ1) is 20.3. The Labute approximate surface area is 192 Å². The number of benzene rings is 2. The van der Waals surface area contributed by atoms with Crippen LogP contribution < -0.4 is 14.4 Å². The fourth-order valence-corrected chi connectivity index (χ4v) is 4.32. The highest BCUT2D eigenvalue weighted by molar-refractivity contribution is 9.10. The number of amides is 1. The number of carbonyl (C=O) groups excluding carboxylic acids is 2. The Balaban J connectivity index is 1.69. The van der Waals surface area contributed by atoms with Crippen LogP contribution in [0.1, 0.15) is 17.2 Å². The van der Waals surface area contributed by atoms with Gasteiger partial charge in [-0.2, -0.15) is 0 Å². The smallest absolute Gasteiger partial charge is 0.300 e. The van der Waals surface area contributed by atoms with Gasteiger partial charge in [-0.3, -0.25) is 19.5 Å². The van der Waals surface area contributed by atoms with Crippen LogP contribution >= 0.6 is 15.9 Å². The predicted octanol–water partition coefficient (Wildman–Crippen LogP) is 4.24. The molecule has 2 aliphatic heterocycles. The summed E-state index contributed by atoms with van der Waals surface area (Å²) in [5, 5.41) is 11.2. The summed E-state index contributed by atoms with van der Waals surface area (Å²) in [6.07, 6.45) is 3.17. The molecule has 0 saturated carbocycles. The zero-order valence-corrected chi connectivity index (χ0v) is 18.3. The summed E-state index contributed by atoms with van der Waals surface area (Å²) in [7, 11) is 0. The van der Waals surface area contributed by atoms with Gasteiger partial charge in [0.1, 0.15) is 19.0 Å². The monoisotopic (exact) mass is 492 g/mol. The van der Waals surface area contributed by atoms with E-state index in [2.05, 4.69) is 20.9 Å². The first-order chi connectivity index (χ1) is 15.5. The van der Waals surface area contributed by atoms with Crippen molar-refractivity contribution in [2.45, 2.75) is 6.04 Å². The van der Waals surface area contributed by atoms with E-state index in [-0.39, 0.29) is 11.3 Å². The molecule has 1 N–H and O–H groups in total. The molecule has 32 heavy (non-hydrogen) atoms. The van der Waals surface area contributed by atoms with Crippen molar-refractivity contribution in [3.05, 3.63) is 88.2 Å². The summed E-state index contributed by atoms with van der Waals surface area (Å²) >= 11 is 3.42. The molecule has 0 aliphatic carbocycles. The number of anilines is 1. The van der Waals surface area contributed by atoms with Crippen molar-refractivity contribution >= 4 is 39.1 Å². The third-order valence-corrected chi connectivity index (χ3v) is 5.86. The molecule has 1 aromatic heterocycles. The molecule has 0 spiro atoms. The largest absolute Gasteiger partial charge is 0.507 e. The number of aliphatic hydroxyl groups is 1. The molecule has 160 valence electrons. The van der Waals surface area contributed by atoms with Crippen molar-refractivity contribution in [2.24, 2.45) is 0 Å². The molecule has 1 fully saturated rings. The van der Waals surface area contributed by atoms with Gasteiger partial charge in [-0.05, 0) is 54.1 Å². The number of aromatic nitrogens is 1. The Hall–Kier alpha value is -3.65. The number of fused-ring (bicyclic) bond motifs is 1. The van der Waals surface area contributed by atoms with E-state index in [0.717, 1.165) is 4.47 Å². The van der Waals surface area contributed by atoms with Crippen LogP contribution in [0.15, 0.2) is 77.0 Å². The number of aliphatic hydroxyl groups excluding tert-OH is 1. The van der Waals surface area contributed by atoms with Crippen molar-refractivity contribution in [1.29, 1.82) is 0 Å². The van der Waals surface area contributed by atoms with Gasteiger partial charge in [-0.15, -0.1) is 0 Å². The molecular formula is C24H17BrN2O5. The van der Waals surface area contributed by atoms with Crippen LogP contribution in [0.2, 0.25) is 0 Å². The number of ether oxygens (including phenoxy) is 2. The van der Waals surface area contributed by atoms with Gasteiger partial charge in [0.15, 0.2) is 11.5 Å². The number of halogens is 1. The van der Waals surface area contributed by atoms with Crippen LogP contribution in [0.4, 0.5) is 5.69 Å². The number of ketones is 1. The lowest BCUT2D eigenvalue weighted by Gasteiger charge is -2.25. The first-order valence-electron chi connectivity index (χ1n) is 9.91. The molecule has 3 aromatic rings. The summed E-state index contributed by atoms with van der Waals surface area (Å²) in [5.41, 5.74) is 1.54. The fraction of sp³-hybridized carbons (Fsp3) is 0.125. The van der Waals surface area contributed by atoms with E-state index >= 15 is 0 Å². The first-order valence-corrected chi connectivity index (χ1v) is 10.7. The molecule has 1 unspecified atom stereocenters. The van der Waals surface area contributed by atoms with Gasteiger partial charge in [0.25, 0.3) is 11.7 Å². The molecule has 5 rings (SSSR count). The predicted molar refractivity (Wildman–Crippen MR) is 121 cm³/mol. The zero-order chi connectivity index (χ0) is 22.2. The van der Waals surface area contributed by atoms with Crippen LogP contribution in [0, 0.1) is 0 Å². The van der Waals surface area contributed by atoms with Gasteiger partial charge >= 0.3 is 0 Å². The van der Waals surface area contributed by atoms with Crippen LogP contribution in [0.3, 0.4) is 0 Å². The van der Waals surface area contributed by atoms with Crippen LogP contribution in [0.5, 0.6) is 11.5 Å². The minimum absolute atomic E-state index is 0.00199. The van der Waals surface area contributed by atoms with Crippen molar-refractivity contribution in [3.8, 4) is 11.5 Å². The Kier molecular flexibility index (Phi) is 5.14. The Morgan fingerprint density at radius 2 is 1.75 bits per heavy atom. The molecule has 2 aliphatic rings. The Morgan fingerprint density at radius 1 is 1.00 bits per heavy atom. The summed E-state index contributed by atoms with van der Waals surface area (Å²) in [5.74, 6) is -0.724. The van der Waals surface area contributed by atoms with E-state index in [1.165, 1.54) is 4.90 Å². The van der Waals surface area contributed by atoms with E-state index in [1.807, 2.05) is 6.07 Å². The number of pyridine rings is 1. The highest BCUT2D eigenvalue weighted by Gasteiger charge is 2.47. The number of hydrogen-bond acceptors (Lipinski definition) is 6. The van der Waals surface area contributed by atoms with Gasteiger partial charge in [0.05, 0.1) is 11.6 Å².